The number of hydrogen-bond donors (Lipinski definition) is 0. The molecule has 2 fully saturated rings. The average molecular weight is 346 g/mol. The van der Waals surface area contributed by atoms with Gasteiger partial charge in [-0.2, -0.15) is 11.8 Å². The second-order valence-corrected chi connectivity index (χ2v) is 8.30. The third-order valence-corrected chi connectivity index (χ3v) is 6.61. The van der Waals surface area contributed by atoms with Gasteiger partial charge in [0.25, 0.3) is 0 Å². The summed E-state index contributed by atoms with van der Waals surface area (Å²) in [5.41, 5.74) is 2.44. The summed E-state index contributed by atoms with van der Waals surface area (Å²) in [6.07, 6.45) is 3.43. The molecule has 4 rings (SSSR count). The lowest BCUT2D eigenvalue weighted by Gasteiger charge is -2.40. The largest absolute Gasteiger partial charge is 0.311 e. The summed E-state index contributed by atoms with van der Waals surface area (Å²) < 4.78 is 0. The van der Waals surface area contributed by atoms with E-state index in [9.17, 15) is 4.79 Å². The van der Waals surface area contributed by atoms with Gasteiger partial charge in [-0.3, -0.25) is 14.6 Å². The minimum Gasteiger partial charge on any atom is -0.311 e. The summed E-state index contributed by atoms with van der Waals surface area (Å²) in [6, 6.07) is 9.07. The van der Waals surface area contributed by atoms with Crippen molar-refractivity contribution in [2.24, 2.45) is 0 Å². The molecule has 24 heavy (non-hydrogen) atoms. The number of piperidine rings is 1. The van der Waals surface area contributed by atoms with Gasteiger partial charge in [0.1, 0.15) is 0 Å². The van der Waals surface area contributed by atoms with Gasteiger partial charge in [0, 0.05) is 56.0 Å². The van der Waals surface area contributed by atoms with Crippen LogP contribution in [0.1, 0.15) is 18.4 Å². The van der Waals surface area contributed by atoms with E-state index in [0.717, 1.165) is 37.8 Å². The second kappa shape index (κ2) is 7.46. The smallest absolute Gasteiger partial charge is 0.241 e. The fraction of sp³-hybridized carbons (Fsp3) is 0.632. The average Bonchev–Trinajstić information content (AvgIpc) is 3.07. The first-order chi connectivity index (χ1) is 11.8. The van der Waals surface area contributed by atoms with E-state index < -0.39 is 0 Å². The molecule has 0 radical (unpaired) electrons. The highest BCUT2D eigenvalue weighted by molar-refractivity contribution is 7.99. The quantitative estimate of drug-likeness (QED) is 0.838. The predicted octanol–water partition coefficient (Wildman–Crippen LogP) is 2.09. The van der Waals surface area contributed by atoms with E-state index in [2.05, 4.69) is 39.8 Å². The van der Waals surface area contributed by atoms with Gasteiger partial charge < -0.3 is 4.90 Å². The van der Waals surface area contributed by atoms with Crippen molar-refractivity contribution >= 4 is 23.4 Å². The lowest BCUT2D eigenvalue weighted by molar-refractivity contribution is -0.120. The first-order valence-electron chi connectivity index (χ1n) is 9.24. The lowest BCUT2D eigenvalue weighted by atomic mass is 10.0. The molecule has 3 heterocycles. The molecule has 0 atom stereocenters. The zero-order valence-corrected chi connectivity index (χ0v) is 15.1. The van der Waals surface area contributed by atoms with Crippen molar-refractivity contribution in [1.29, 1.82) is 0 Å². The Kier molecular flexibility index (Phi) is 5.11. The van der Waals surface area contributed by atoms with E-state index in [0.29, 0.717) is 6.54 Å². The standard InChI is InChI=1S/C19H27N3OS/c23-19(22-10-5-16-3-1-2-4-18(16)22)15-20-8-6-17(7-9-20)21-11-13-24-14-12-21/h1-4,17H,5-15H2. The number of carbonyl (C=O) groups excluding carboxylic acids is 1. The third kappa shape index (κ3) is 3.48. The number of fused-ring (bicyclic) bond motifs is 1. The zero-order chi connectivity index (χ0) is 16.4. The van der Waals surface area contributed by atoms with E-state index >= 15 is 0 Å². The fourth-order valence-electron chi connectivity index (χ4n) is 4.26. The number of para-hydroxylation sites is 1. The molecule has 130 valence electrons. The van der Waals surface area contributed by atoms with Crippen LogP contribution in [0.25, 0.3) is 0 Å². The molecule has 0 aromatic heterocycles. The number of nitrogens with zero attached hydrogens (tertiary/aromatic N) is 3. The molecule has 1 aromatic rings. The SMILES string of the molecule is O=C(CN1CCC(N2CCSCC2)CC1)N1CCc2ccccc21. The number of hydrogen-bond acceptors (Lipinski definition) is 4. The maximum atomic E-state index is 12.7. The van der Waals surface area contributed by atoms with Crippen molar-refractivity contribution in [2.75, 3.05) is 55.7 Å². The van der Waals surface area contributed by atoms with Gasteiger partial charge in [-0.15, -0.1) is 0 Å². The van der Waals surface area contributed by atoms with Crippen molar-refractivity contribution in [3.63, 3.8) is 0 Å². The van der Waals surface area contributed by atoms with Gasteiger partial charge in [0.15, 0.2) is 0 Å². The predicted molar refractivity (Wildman–Crippen MR) is 101 cm³/mol. The van der Waals surface area contributed by atoms with Gasteiger partial charge in [0.2, 0.25) is 5.91 Å². The highest BCUT2D eigenvalue weighted by Crippen LogP contribution is 2.28. The normalized spacial score (nSPS) is 23.4. The number of benzene rings is 1. The number of likely N-dealkylation sites (tertiary alicyclic amines) is 1. The van der Waals surface area contributed by atoms with Gasteiger partial charge >= 0.3 is 0 Å². The Hall–Kier alpha value is -1.04. The van der Waals surface area contributed by atoms with Gasteiger partial charge in [-0.1, -0.05) is 18.2 Å². The summed E-state index contributed by atoms with van der Waals surface area (Å²) in [5, 5.41) is 0. The highest BCUT2D eigenvalue weighted by atomic mass is 32.2. The molecule has 0 N–H and O–H groups in total. The van der Waals surface area contributed by atoms with E-state index in [4.69, 9.17) is 0 Å². The number of carbonyl (C=O) groups is 1. The molecular weight excluding hydrogens is 318 g/mol. The molecule has 5 heteroatoms. The van der Waals surface area contributed by atoms with E-state index in [1.54, 1.807) is 0 Å². The molecule has 0 saturated carbocycles. The molecule has 0 spiro atoms. The summed E-state index contributed by atoms with van der Waals surface area (Å²) >= 11 is 2.08. The zero-order valence-electron chi connectivity index (χ0n) is 14.3. The van der Waals surface area contributed by atoms with Crippen LogP contribution in [0.3, 0.4) is 0 Å². The van der Waals surface area contributed by atoms with Crippen molar-refractivity contribution in [3.8, 4) is 0 Å². The Morgan fingerprint density at radius 1 is 1.04 bits per heavy atom. The van der Waals surface area contributed by atoms with E-state index in [-0.39, 0.29) is 5.91 Å². The molecule has 1 amide bonds. The van der Waals surface area contributed by atoms with Crippen LogP contribution in [-0.2, 0) is 11.2 Å². The van der Waals surface area contributed by atoms with Crippen molar-refractivity contribution in [3.05, 3.63) is 29.8 Å². The Bertz CT molecular complexity index is 580. The second-order valence-electron chi connectivity index (χ2n) is 7.08. The molecule has 1 aromatic carbocycles. The van der Waals surface area contributed by atoms with Crippen LogP contribution >= 0.6 is 11.8 Å². The molecule has 2 saturated heterocycles. The Morgan fingerprint density at radius 2 is 1.79 bits per heavy atom. The maximum absolute atomic E-state index is 12.7. The van der Waals surface area contributed by atoms with Crippen LogP contribution in [0, 0.1) is 0 Å². The van der Waals surface area contributed by atoms with Gasteiger partial charge in [-0.25, -0.2) is 0 Å². The van der Waals surface area contributed by atoms with Crippen LogP contribution in [0.4, 0.5) is 5.69 Å². The molecular formula is C19H27N3OS. The molecule has 0 aliphatic carbocycles. The summed E-state index contributed by atoms with van der Waals surface area (Å²) in [6.45, 7) is 6.06. The minimum absolute atomic E-state index is 0.271. The van der Waals surface area contributed by atoms with Crippen LogP contribution in [0.5, 0.6) is 0 Å². The van der Waals surface area contributed by atoms with Crippen molar-refractivity contribution in [2.45, 2.75) is 25.3 Å². The number of rotatable bonds is 3. The number of anilines is 1. The molecule has 3 aliphatic heterocycles. The van der Waals surface area contributed by atoms with Crippen molar-refractivity contribution in [1.82, 2.24) is 9.80 Å². The van der Waals surface area contributed by atoms with Crippen molar-refractivity contribution < 1.29 is 4.79 Å². The first kappa shape index (κ1) is 16.4. The third-order valence-electron chi connectivity index (χ3n) is 5.67. The van der Waals surface area contributed by atoms with Gasteiger partial charge in [0.05, 0.1) is 6.54 Å². The minimum atomic E-state index is 0.271. The molecule has 4 nitrogen and oxygen atoms in total. The first-order valence-corrected chi connectivity index (χ1v) is 10.4. The van der Waals surface area contributed by atoms with Crippen LogP contribution in [0.15, 0.2) is 24.3 Å². The lowest BCUT2D eigenvalue weighted by Crippen LogP contribution is -2.49. The summed E-state index contributed by atoms with van der Waals surface area (Å²) in [5.74, 6) is 2.84. The Balaban J connectivity index is 1.29. The number of amides is 1. The number of thioether (sulfide) groups is 1. The van der Waals surface area contributed by atoms with E-state index in [1.165, 1.54) is 43.0 Å². The van der Waals surface area contributed by atoms with Crippen LogP contribution < -0.4 is 4.90 Å². The fourth-order valence-corrected chi connectivity index (χ4v) is 5.19. The van der Waals surface area contributed by atoms with Gasteiger partial charge in [-0.05, 0) is 30.9 Å². The Labute approximate surface area is 149 Å². The summed E-state index contributed by atoms with van der Waals surface area (Å²) in [7, 11) is 0. The van der Waals surface area contributed by atoms with Crippen LogP contribution in [-0.4, -0.2) is 72.5 Å². The molecule has 3 aliphatic rings. The topological polar surface area (TPSA) is 26.8 Å². The highest BCUT2D eigenvalue weighted by Gasteiger charge is 2.29. The summed E-state index contributed by atoms with van der Waals surface area (Å²) in [4.78, 5) is 19.8. The van der Waals surface area contributed by atoms with Crippen LogP contribution in [0.2, 0.25) is 0 Å². The molecule has 0 unspecified atom stereocenters. The Morgan fingerprint density at radius 3 is 2.58 bits per heavy atom. The van der Waals surface area contributed by atoms with E-state index in [1.807, 2.05) is 11.0 Å². The molecule has 0 bridgehead atoms. The maximum Gasteiger partial charge on any atom is 0.241 e. The monoisotopic (exact) mass is 345 g/mol.